The van der Waals surface area contributed by atoms with E-state index in [1.807, 2.05) is 55.5 Å². The minimum atomic E-state index is -0.603. The van der Waals surface area contributed by atoms with E-state index in [0.29, 0.717) is 5.75 Å². The fourth-order valence-corrected chi connectivity index (χ4v) is 10.2. The summed E-state index contributed by atoms with van der Waals surface area (Å²) >= 11 is 3.24. The molecular weight excluding hydrogens is 581 g/mol. The molecular formula is C33H40N4O4S2. The van der Waals surface area contributed by atoms with E-state index >= 15 is 0 Å². The number of nitrogens with zero attached hydrogens (tertiary/aromatic N) is 2. The highest BCUT2D eigenvalue weighted by Gasteiger charge is 2.51. The molecule has 2 amide bonds. The molecule has 8 nitrogen and oxygen atoms in total. The number of anilines is 1. The number of ether oxygens (including phenoxy) is 2. The number of carbonyl (C=O) groups is 1. The zero-order chi connectivity index (χ0) is 29.6. The number of urea groups is 1. The summed E-state index contributed by atoms with van der Waals surface area (Å²) in [6.07, 6.45) is 6.47. The van der Waals surface area contributed by atoms with Crippen LogP contribution in [0.4, 0.5) is 10.5 Å². The SMILES string of the molecule is Cc1nnc(SCC2OC(c3cccc(NC(=O)NC45CC6CC(CC(C6)C4)C5)c3)OC(c3ccc(CO)cc3)C2C)s1. The van der Waals surface area contributed by atoms with E-state index in [-0.39, 0.29) is 36.3 Å². The van der Waals surface area contributed by atoms with Crippen molar-refractivity contribution in [3.05, 3.63) is 70.2 Å². The minimum absolute atomic E-state index is 0.00383. The number of thioether (sulfide) groups is 1. The summed E-state index contributed by atoms with van der Waals surface area (Å²) in [6, 6.07) is 15.6. The van der Waals surface area contributed by atoms with Crippen molar-refractivity contribution in [1.82, 2.24) is 15.5 Å². The van der Waals surface area contributed by atoms with Gasteiger partial charge in [0.25, 0.3) is 0 Å². The Kier molecular flexibility index (Phi) is 8.24. The smallest absolute Gasteiger partial charge is 0.319 e. The van der Waals surface area contributed by atoms with Crippen LogP contribution in [0.5, 0.6) is 0 Å². The van der Waals surface area contributed by atoms with Gasteiger partial charge in [0.2, 0.25) is 0 Å². The highest BCUT2D eigenvalue weighted by atomic mass is 32.2. The van der Waals surface area contributed by atoms with Crippen LogP contribution < -0.4 is 10.6 Å². The second kappa shape index (κ2) is 12.1. The van der Waals surface area contributed by atoms with Crippen LogP contribution >= 0.6 is 23.1 Å². The van der Waals surface area contributed by atoms with Crippen molar-refractivity contribution in [3.63, 3.8) is 0 Å². The molecule has 4 unspecified atom stereocenters. The van der Waals surface area contributed by atoms with Crippen LogP contribution in [-0.2, 0) is 16.1 Å². The summed E-state index contributed by atoms with van der Waals surface area (Å²) < 4.78 is 14.2. The normalized spacial score (nSPS) is 33.0. The molecule has 8 rings (SSSR count). The third-order valence-corrected chi connectivity index (χ3v) is 11.9. The summed E-state index contributed by atoms with van der Waals surface area (Å²) in [5, 5.41) is 25.5. The number of hydrogen-bond donors (Lipinski definition) is 3. The third-order valence-electron chi connectivity index (χ3n) is 9.84. The fraction of sp³-hybridized carbons (Fsp3) is 0.545. The molecule has 2 aromatic carbocycles. The van der Waals surface area contributed by atoms with Gasteiger partial charge in [0, 0.05) is 28.5 Å². The van der Waals surface area contributed by atoms with Crippen LogP contribution in [0.3, 0.4) is 0 Å². The highest BCUT2D eigenvalue weighted by molar-refractivity contribution is 8.01. The molecule has 1 aromatic heterocycles. The predicted octanol–water partition coefficient (Wildman–Crippen LogP) is 7.01. The van der Waals surface area contributed by atoms with E-state index < -0.39 is 6.29 Å². The molecule has 4 bridgehead atoms. The Morgan fingerprint density at radius 2 is 1.74 bits per heavy atom. The topological polar surface area (TPSA) is 106 Å². The number of rotatable bonds is 8. The minimum Gasteiger partial charge on any atom is -0.392 e. The Hall–Kier alpha value is -2.50. The van der Waals surface area contributed by atoms with Crippen molar-refractivity contribution in [1.29, 1.82) is 0 Å². The Bertz CT molecular complexity index is 1410. The van der Waals surface area contributed by atoms with Crippen molar-refractivity contribution in [2.24, 2.45) is 23.7 Å². The number of carbonyl (C=O) groups excluding carboxylic acids is 1. The van der Waals surface area contributed by atoms with Gasteiger partial charge in [-0.25, -0.2) is 4.79 Å². The van der Waals surface area contributed by atoms with E-state index in [1.54, 1.807) is 23.1 Å². The molecule has 1 saturated heterocycles. The molecule has 4 aliphatic carbocycles. The van der Waals surface area contributed by atoms with Crippen LogP contribution in [0.2, 0.25) is 0 Å². The molecule has 1 aliphatic heterocycles. The van der Waals surface area contributed by atoms with E-state index in [9.17, 15) is 9.90 Å². The molecule has 4 atom stereocenters. The fourth-order valence-electron chi connectivity index (χ4n) is 8.23. The lowest BCUT2D eigenvalue weighted by Gasteiger charge is -2.56. The van der Waals surface area contributed by atoms with Gasteiger partial charge in [-0.05, 0) is 86.5 Å². The highest BCUT2D eigenvalue weighted by Crippen LogP contribution is 2.55. The first kappa shape index (κ1) is 29.2. The summed E-state index contributed by atoms with van der Waals surface area (Å²) in [5.74, 6) is 3.10. The second-order valence-electron chi connectivity index (χ2n) is 13.1. The number of aliphatic hydroxyl groups excluding tert-OH is 1. The standard InChI is InChI=1S/C33H40N4O4S2/c1-19-28(18-42-32-37-36-20(2)43-32)40-30(41-29(19)25-8-6-21(17-38)7-9-25)26-4-3-5-27(13-26)34-31(39)35-33-14-22-10-23(15-33)12-24(11-22)16-33/h3-9,13,19,22-24,28-30,38H,10-12,14-18H2,1-2H3,(H2,34,35,39). The van der Waals surface area contributed by atoms with Crippen molar-refractivity contribution < 1.29 is 19.4 Å². The number of hydrogen-bond acceptors (Lipinski definition) is 8. The van der Waals surface area contributed by atoms with Crippen LogP contribution in [-0.4, -0.2) is 38.7 Å². The van der Waals surface area contributed by atoms with Crippen molar-refractivity contribution in [2.45, 2.75) is 87.4 Å². The monoisotopic (exact) mass is 620 g/mol. The van der Waals surface area contributed by atoms with Gasteiger partial charge in [0.15, 0.2) is 10.6 Å². The molecule has 0 spiro atoms. The largest absolute Gasteiger partial charge is 0.392 e. The Morgan fingerprint density at radius 3 is 2.40 bits per heavy atom. The second-order valence-corrected chi connectivity index (χ2v) is 15.6. The quantitative estimate of drug-likeness (QED) is 0.233. The van der Waals surface area contributed by atoms with Crippen LogP contribution in [0.15, 0.2) is 52.9 Å². The predicted molar refractivity (Wildman–Crippen MR) is 168 cm³/mol. The maximum absolute atomic E-state index is 13.3. The molecule has 4 saturated carbocycles. The number of benzene rings is 2. The summed E-state index contributed by atoms with van der Waals surface area (Å²) in [5.41, 5.74) is 3.45. The van der Waals surface area contributed by atoms with Crippen molar-refractivity contribution in [2.75, 3.05) is 11.1 Å². The third kappa shape index (κ3) is 6.35. The molecule has 2 heterocycles. The molecule has 43 heavy (non-hydrogen) atoms. The van der Waals surface area contributed by atoms with Gasteiger partial charge in [-0.3, -0.25) is 0 Å². The van der Waals surface area contributed by atoms with Gasteiger partial charge in [-0.15, -0.1) is 10.2 Å². The van der Waals surface area contributed by atoms with Gasteiger partial charge in [0.1, 0.15) is 5.01 Å². The Balaban J connectivity index is 1.07. The lowest BCUT2D eigenvalue weighted by atomic mass is 9.53. The van der Waals surface area contributed by atoms with Gasteiger partial charge in [-0.1, -0.05) is 66.4 Å². The number of amides is 2. The lowest BCUT2D eigenvalue weighted by molar-refractivity contribution is -0.268. The van der Waals surface area contributed by atoms with E-state index in [0.717, 1.165) is 68.7 Å². The maximum atomic E-state index is 13.3. The van der Waals surface area contributed by atoms with Gasteiger partial charge >= 0.3 is 6.03 Å². The number of aryl methyl sites for hydroxylation is 1. The van der Waals surface area contributed by atoms with Gasteiger partial charge < -0.3 is 25.2 Å². The van der Waals surface area contributed by atoms with E-state index in [2.05, 4.69) is 27.8 Å². The summed E-state index contributed by atoms with van der Waals surface area (Å²) in [4.78, 5) is 13.3. The summed E-state index contributed by atoms with van der Waals surface area (Å²) in [7, 11) is 0. The average Bonchev–Trinajstić information content (AvgIpc) is 3.40. The van der Waals surface area contributed by atoms with Gasteiger partial charge in [-0.2, -0.15) is 0 Å². The molecule has 5 fully saturated rings. The number of nitrogens with one attached hydrogen (secondary N) is 2. The van der Waals surface area contributed by atoms with Crippen molar-refractivity contribution >= 4 is 34.8 Å². The molecule has 10 heteroatoms. The first-order chi connectivity index (χ1) is 20.8. The average molecular weight is 621 g/mol. The van der Waals surface area contributed by atoms with E-state index in [4.69, 9.17) is 9.47 Å². The summed E-state index contributed by atoms with van der Waals surface area (Å²) in [6.45, 7) is 4.12. The molecule has 228 valence electrons. The zero-order valence-electron chi connectivity index (χ0n) is 24.7. The Labute approximate surface area is 261 Å². The van der Waals surface area contributed by atoms with E-state index in [1.165, 1.54) is 19.3 Å². The molecule has 3 N–H and O–H groups in total. The molecule has 3 aromatic rings. The zero-order valence-corrected chi connectivity index (χ0v) is 26.3. The number of aromatic nitrogens is 2. The lowest BCUT2D eigenvalue weighted by Crippen LogP contribution is -2.60. The first-order valence-electron chi connectivity index (χ1n) is 15.5. The van der Waals surface area contributed by atoms with Crippen LogP contribution in [0.25, 0.3) is 0 Å². The molecule has 0 radical (unpaired) electrons. The first-order valence-corrected chi connectivity index (χ1v) is 17.3. The van der Waals surface area contributed by atoms with Crippen LogP contribution in [0, 0.1) is 30.6 Å². The number of aliphatic hydroxyl groups is 1. The van der Waals surface area contributed by atoms with Gasteiger partial charge in [0.05, 0.1) is 18.8 Å². The van der Waals surface area contributed by atoms with Crippen molar-refractivity contribution in [3.8, 4) is 0 Å². The molecule has 5 aliphatic rings. The Morgan fingerprint density at radius 1 is 1.02 bits per heavy atom. The maximum Gasteiger partial charge on any atom is 0.319 e. The van der Waals surface area contributed by atoms with Crippen LogP contribution in [0.1, 0.15) is 79.5 Å².